The molecule has 0 aromatic heterocycles. The molecule has 1 heterocycles. The number of nitrogens with one attached hydrogen (secondary N) is 2. The van der Waals surface area contributed by atoms with E-state index in [9.17, 15) is 8.42 Å². The monoisotopic (exact) mass is 460 g/mol. The van der Waals surface area contributed by atoms with Crippen LogP contribution in [0.4, 0.5) is 11.4 Å². The van der Waals surface area contributed by atoms with Crippen molar-refractivity contribution in [2.24, 2.45) is 5.92 Å². The van der Waals surface area contributed by atoms with E-state index >= 15 is 0 Å². The molecule has 170 valence electrons. The summed E-state index contributed by atoms with van der Waals surface area (Å²) in [6.07, 6.45) is 5.38. The van der Waals surface area contributed by atoms with Gasteiger partial charge in [0, 0.05) is 11.6 Å². The number of benzene rings is 3. The summed E-state index contributed by atoms with van der Waals surface area (Å²) in [4.78, 5) is 0.282. The van der Waals surface area contributed by atoms with Gasteiger partial charge in [-0.05, 0) is 79.3 Å². The second-order valence-corrected chi connectivity index (χ2v) is 10.3. The molecule has 0 amide bonds. The number of sulfonamides is 1. The molecule has 0 saturated carbocycles. The van der Waals surface area contributed by atoms with E-state index in [4.69, 9.17) is 4.74 Å². The highest BCUT2D eigenvalue weighted by Crippen LogP contribution is 2.50. The molecule has 0 saturated heterocycles. The van der Waals surface area contributed by atoms with Crippen LogP contribution in [-0.4, -0.2) is 15.0 Å². The molecule has 1 aliphatic heterocycles. The first-order valence-corrected chi connectivity index (χ1v) is 12.8. The molecular weight excluding hydrogens is 432 g/mol. The lowest BCUT2D eigenvalue weighted by molar-refractivity contribution is 0.340. The largest absolute Gasteiger partial charge is 0.494 e. The lowest BCUT2D eigenvalue weighted by atomic mass is 9.77. The predicted octanol–water partition coefficient (Wildman–Crippen LogP) is 6.02. The standard InChI is InChI=1S/C27H28N2O3S/c1-3-32-20-13-11-19(12-14-20)27-23-9-6-8-22(23)24-17-21(15-16-26(24)28-27)33(30,31)29-25-10-5-4-7-18(25)2/h4-8,10-17,22-23,27-29H,3,9H2,1-2H3/t22-,23+,27+/m0/s1. The van der Waals surface area contributed by atoms with Gasteiger partial charge in [0.05, 0.1) is 23.2 Å². The van der Waals surface area contributed by atoms with Gasteiger partial charge >= 0.3 is 0 Å². The number of allylic oxidation sites excluding steroid dienone is 2. The van der Waals surface area contributed by atoms with Crippen molar-refractivity contribution in [1.82, 2.24) is 0 Å². The summed E-state index contributed by atoms with van der Waals surface area (Å²) in [5.41, 5.74) is 4.71. The average Bonchev–Trinajstić information content (AvgIpc) is 3.31. The first-order chi connectivity index (χ1) is 16.0. The number of ether oxygens (including phenoxy) is 1. The van der Waals surface area contributed by atoms with Crippen LogP contribution >= 0.6 is 0 Å². The molecule has 3 aromatic rings. The minimum atomic E-state index is -3.69. The molecule has 2 aliphatic rings. The van der Waals surface area contributed by atoms with Gasteiger partial charge in [-0.15, -0.1) is 0 Å². The Bertz CT molecular complexity index is 1300. The van der Waals surface area contributed by atoms with E-state index in [1.54, 1.807) is 12.1 Å². The molecule has 0 bridgehead atoms. The van der Waals surface area contributed by atoms with Crippen LogP contribution in [0, 0.1) is 12.8 Å². The van der Waals surface area contributed by atoms with Crippen molar-refractivity contribution in [1.29, 1.82) is 0 Å². The van der Waals surface area contributed by atoms with Crippen LogP contribution in [0.2, 0.25) is 0 Å². The van der Waals surface area contributed by atoms with Crippen molar-refractivity contribution >= 4 is 21.4 Å². The van der Waals surface area contributed by atoms with Crippen LogP contribution in [0.5, 0.6) is 5.75 Å². The van der Waals surface area contributed by atoms with Gasteiger partial charge in [-0.1, -0.05) is 42.5 Å². The number of anilines is 2. The highest BCUT2D eigenvalue weighted by Gasteiger charge is 2.38. The van der Waals surface area contributed by atoms with E-state index in [0.29, 0.717) is 18.2 Å². The molecule has 0 fully saturated rings. The number of fused-ring (bicyclic) bond motifs is 3. The fourth-order valence-corrected chi connectivity index (χ4v) is 6.06. The minimum absolute atomic E-state index is 0.153. The topological polar surface area (TPSA) is 67.4 Å². The molecule has 3 atom stereocenters. The molecular formula is C27H28N2O3S. The smallest absolute Gasteiger partial charge is 0.261 e. The highest BCUT2D eigenvalue weighted by atomic mass is 32.2. The van der Waals surface area contributed by atoms with Crippen molar-refractivity contribution in [3.63, 3.8) is 0 Å². The van der Waals surface area contributed by atoms with Gasteiger partial charge in [0.15, 0.2) is 0 Å². The Balaban J connectivity index is 1.46. The van der Waals surface area contributed by atoms with Gasteiger partial charge in [-0.25, -0.2) is 8.42 Å². The number of para-hydroxylation sites is 1. The van der Waals surface area contributed by atoms with E-state index in [0.717, 1.165) is 29.0 Å². The summed E-state index contributed by atoms with van der Waals surface area (Å²) >= 11 is 0. The quantitative estimate of drug-likeness (QED) is 0.441. The van der Waals surface area contributed by atoms with Gasteiger partial charge in [-0.2, -0.15) is 0 Å². The first kappa shape index (κ1) is 21.6. The lowest BCUT2D eigenvalue weighted by Crippen LogP contribution is -2.29. The molecule has 5 rings (SSSR count). The molecule has 0 unspecified atom stereocenters. The Labute approximate surface area is 195 Å². The van der Waals surface area contributed by atoms with E-state index in [1.165, 1.54) is 5.56 Å². The third-order valence-corrected chi connectivity index (χ3v) is 7.95. The van der Waals surface area contributed by atoms with E-state index in [-0.39, 0.29) is 16.9 Å². The van der Waals surface area contributed by atoms with Gasteiger partial charge in [0.25, 0.3) is 10.0 Å². The second kappa shape index (κ2) is 8.60. The third kappa shape index (κ3) is 4.11. The number of aryl methyl sites for hydroxylation is 1. The summed E-state index contributed by atoms with van der Waals surface area (Å²) in [7, 11) is -3.69. The zero-order valence-electron chi connectivity index (χ0n) is 18.8. The molecule has 33 heavy (non-hydrogen) atoms. The van der Waals surface area contributed by atoms with Crippen molar-refractivity contribution in [2.75, 3.05) is 16.6 Å². The van der Waals surface area contributed by atoms with Crippen LogP contribution in [0.25, 0.3) is 0 Å². The molecule has 3 aromatic carbocycles. The Kier molecular flexibility index (Phi) is 5.62. The molecule has 6 heteroatoms. The van der Waals surface area contributed by atoms with Crippen molar-refractivity contribution in [2.45, 2.75) is 37.1 Å². The fraction of sp³-hybridized carbons (Fsp3) is 0.259. The van der Waals surface area contributed by atoms with Gasteiger partial charge in [0.1, 0.15) is 5.75 Å². The summed E-state index contributed by atoms with van der Waals surface area (Å²) in [6.45, 7) is 4.52. The van der Waals surface area contributed by atoms with Crippen LogP contribution in [0.1, 0.15) is 42.0 Å². The molecule has 0 radical (unpaired) electrons. The SMILES string of the molecule is CCOc1ccc([C@H]2Nc3ccc(S(=O)(=O)Nc4ccccc4C)cc3[C@H]3C=CC[C@H]32)cc1. The van der Waals surface area contributed by atoms with Crippen molar-refractivity contribution in [3.8, 4) is 5.75 Å². The number of hydrogen-bond acceptors (Lipinski definition) is 4. The highest BCUT2D eigenvalue weighted by molar-refractivity contribution is 7.92. The average molecular weight is 461 g/mol. The number of hydrogen-bond donors (Lipinski definition) is 2. The summed E-state index contributed by atoms with van der Waals surface area (Å²) in [5.74, 6) is 1.37. The van der Waals surface area contributed by atoms with Crippen molar-refractivity contribution < 1.29 is 13.2 Å². The van der Waals surface area contributed by atoms with E-state index < -0.39 is 10.0 Å². The van der Waals surface area contributed by atoms with Crippen LogP contribution in [0.15, 0.2) is 83.8 Å². The molecule has 2 N–H and O–H groups in total. The predicted molar refractivity (Wildman–Crippen MR) is 132 cm³/mol. The lowest BCUT2D eigenvalue weighted by Gasteiger charge is -2.37. The fourth-order valence-electron chi connectivity index (χ4n) is 4.90. The van der Waals surface area contributed by atoms with Gasteiger partial charge in [0.2, 0.25) is 0 Å². The normalized spacial score (nSPS) is 21.1. The van der Waals surface area contributed by atoms with Gasteiger partial charge < -0.3 is 10.1 Å². The zero-order chi connectivity index (χ0) is 23.0. The molecule has 0 spiro atoms. The number of rotatable bonds is 6. The summed E-state index contributed by atoms with van der Waals surface area (Å²) in [5, 5.41) is 3.68. The Morgan fingerprint density at radius 2 is 1.85 bits per heavy atom. The Hall–Kier alpha value is -3.25. The summed E-state index contributed by atoms with van der Waals surface area (Å²) < 4.78 is 34.6. The molecule has 1 aliphatic carbocycles. The van der Waals surface area contributed by atoms with Gasteiger partial charge in [-0.3, -0.25) is 4.72 Å². The van der Waals surface area contributed by atoms with Crippen LogP contribution in [-0.2, 0) is 10.0 Å². The Morgan fingerprint density at radius 1 is 1.06 bits per heavy atom. The van der Waals surface area contributed by atoms with Crippen LogP contribution in [0.3, 0.4) is 0 Å². The zero-order valence-corrected chi connectivity index (χ0v) is 19.6. The van der Waals surface area contributed by atoms with Crippen molar-refractivity contribution in [3.05, 3.63) is 95.6 Å². The Morgan fingerprint density at radius 3 is 2.61 bits per heavy atom. The summed E-state index contributed by atoms with van der Waals surface area (Å²) in [6, 6.07) is 21.2. The van der Waals surface area contributed by atoms with Crippen LogP contribution < -0.4 is 14.8 Å². The van der Waals surface area contributed by atoms with E-state index in [2.05, 4.69) is 34.3 Å². The first-order valence-electron chi connectivity index (χ1n) is 11.3. The third-order valence-electron chi connectivity index (χ3n) is 6.58. The maximum absolute atomic E-state index is 13.1. The minimum Gasteiger partial charge on any atom is -0.494 e. The second-order valence-electron chi connectivity index (χ2n) is 8.65. The maximum atomic E-state index is 13.1. The van der Waals surface area contributed by atoms with E-state index in [1.807, 2.05) is 56.3 Å². The maximum Gasteiger partial charge on any atom is 0.261 e. The molecule has 5 nitrogen and oxygen atoms in total.